The maximum atomic E-state index is 12.9. The van der Waals surface area contributed by atoms with Crippen LogP contribution in [0.5, 0.6) is 0 Å². The molecule has 0 unspecified atom stereocenters. The van der Waals surface area contributed by atoms with Crippen molar-refractivity contribution in [3.63, 3.8) is 0 Å². The van der Waals surface area contributed by atoms with Gasteiger partial charge in [-0.25, -0.2) is 0 Å². The van der Waals surface area contributed by atoms with E-state index in [4.69, 9.17) is 11.6 Å². The van der Waals surface area contributed by atoms with Crippen LogP contribution in [0.4, 0.5) is 18.9 Å². The molecule has 0 radical (unpaired) electrons. The van der Waals surface area contributed by atoms with Gasteiger partial charge in [-0.2, -0.15) is 13.2 Å². The monoisotopic (exact) mass is 396 g/mol. The third-order valence-electron chi connectivity index (χ3n) is 4.16. The van der Waals surface area contributed by atoms with Crippen LogP contribution in [0.1, 0.15) is 34.3 Å². The molecule has 3 rings (SSSR count). The highest BCUT2D eigenvalue weighted by Gasteiger charge is 2.33. The zero-order chi connectivity index (χ0) is 19.6. The molecule has 0 heterocycles. The molecular weight excluding hydrogens is 381 g/mol. The van der Waals surface area contributed by atoms with Gasteiger partial charge in [0.05, 0.1) is 10.6 Å². The van der Waals surface area contributed by atoms with E-state index < -0.39 is 22.7 Å². The molecule has 1 saturated carbocycles. The fourth-order valence-electron chi connectivity index (χ4n) is 2.48. The number of halogens is 4. The van der Waals surface area contributed by atoms with Crippen molar-refractivity contribution in [2.45, 2.75) is 25.6 Å². The number of benzene rings is 2. The molecule has 142 valence electrons. The number of hydrogen-bond donors (Lipinski definition) is 2. The summed E-state index contributed by atoms with van der Waals surface area (Å²) in [6, 6.07) is 9.66. The van der Waals surface area contributed by atoms with Crippen molar-refractivity contribution in [2.75, 3.05) is 5.32 Å². The SMILES string of the molecule is O=C(Nc1ccc(Cl)c(C(F)(F)F)c1)c1ccc(CNC(=O)C2CC2)cc1. The second-order valence-corrected chi connectivity index (χ2v) is 6.74. The average molecular weight is 397 g/mol. The van der Waals surface area contributed by atoms with Gasteiger partial charge in [0.1, 0.15) is 0 Å². The fourth-order valence-corrected chi connectivity index (χ4v) is 2.70. The Balaban J connectivity index is 1.63. The summed E-state index contributed by atoms with van der Waals surface area (Å²) in [6.45, 7) is 0.364. The molecule has 1 fully saturated rings. The highest BCUT2D eigenvalue weighted by atomic mass is 35.5. The molecule has 0 aliphatic heterocycles. The minimum Gasteiger partial charge on any atom is -0.352 e. The predicted molar refractivity (Wildman–Crippen MR) is 95.4 cm³/mol. The van der Waals surface area contributed by atoms with Gasteiger partial charge in [-0.3, -0.25) is 9.59 Å². The lowest BCUT2D eigenvalue weighted by Gasteiger charge is -2.12. The summed E-state index contributed by atoms with van der Waals surface area (Å²) in [5.41, 5.74) is 0.100. The molecule has 4 nitrogen and oxygen atoms in total. The van der Waals surface area contributed by atoms with Crippen LogP contribution >= 0.6 is 11.6 Å². The smallest absolute Gasteiger partial charge is 0.352 e. The summed E-state index contributed by atoms with van der Waals surface area (Å²) in [5.74, 6) is -0.393. The molecular formula is C19H16ClF3N2O2. The zero-order valence-electron chi connectivity index (χ0n) is 14.1. The zero-order valence-corrected chi connectivity index (χ0v) is 14.8. The van der Waals surface area contributed by atoms with Gasteiger partial charge in [-0.15, -0.1) is 0 Å². The average Bonchev–Trinajstić information content (AvgIpc) is 3.46. The Morgan fingerprint density at radius 1 is 1.07 bits per heavy atom. The Morgan fingerprint density at radius 3 is 2.33 bits per heavy atom. The molecule has 0 saturated heterocycles. The van der Waals surface area contributed by atoms with Crippen LogP contribution in [0.3, 0.4) is 0 Å². The van der Waals surface area contributed by atoms with Crippen molar-refractivity contribution >= 4 is 29.1 Å². The molecule has 1 aliphatic carbocycles. The van der Waals surface area contributed by atoms with Gasteiger partial charge < -0.3 is 10.6 Å². The van der Waals surface area contributed by atoms with Crippen LogP contribution in [-0.4, -0.2) is 11.8 Å². The minimum absolute atomic E-state index is 0.00232. The van der Waals surface area contributed by atoms with Crippen molar-refractivity contribution in [3.8, 4) is 0 Å². The van der Waals surface area contributed by atoms with Crippen LogP contribution in [-0.2, 0) is 17.5 Å². The summed E-state index contributed by atoms with van der Waals surface area (Å²) < 4.78 is 38.7. The first kappa shape index (κ1) is 19.2. The Morgan fingerprint density at radius 2 is 1.74 bits per heavy atom. The molecule has 1 aliphatic rings. The summed E-state index contributed by atoms with van der Waals surface area (Å²) in [5, 5.41) is 4.81. The number of nitrogens with one attached hydrogen (secondary N) is 2. The third-order valence-corrected chi connectivity index (χ3v) is 4.49. The van der Waals surface area contributed by atoms with Gasteiger partial charge in [0, 0.05) is 23.7 Å². The summed E-state index contributed by atoms with van der Waals surface area (Å²) >= 11 is 5.56. The number of rotatable bonds is 5. The Bertz CT molecular complexity index is 862. The molecule has 2 amide bonds. The summed E-state index contributed by atoms with van der Waals surface area (Å²) in [6.07, 6.45) is -2.76. The molecule has 2 aromatic rings. The van der Waals surface area contributed by atoms with E-state index in [1.165, 1.54) is 6.07 Å². The third kappa shape index (κ3) is 5.01. The predicted octanol–water partition coefficient (Wildman–Crippen LogP) is 4.64. The lowest BCUT2D eigenvalue weighted by atomic mass is 10.1. The van der Waals surface area contributed by atoms with Crippen LogP contribution in [0.15, 0.2) is 42.5 Å². The number of alkyl halides is 3. The first-order valence-corrected chi connectivity index (χ1v) is 8.66. The van der Waals surface area contributed by atoms with E-state index in [1.54, 1.807) is 24.3 Å². The van der Waals surface area contributed by atoms with Gasteiger partial charge >= 0.3 is 6.18 Å². The molecule has 0 aromatic heterocycles. The van der Waals surface area contributed by atoms with Crippen LogP contribution in [0, 0.1) is 5.92 Å². The van der Waals surface area contributed by atoms with Crippen molar-refractivity contribution in [1.82, 2.24) is 5.32 Å². The maximum absolute atomic E-state index is 12.9. The van der Waals surface area contributed by atoms with E-state index in [2.05, 4.69) is 10.6 Å². The van der Waals surface area contributed by atoms with Gasteiger partial charge in [-0.1, -0.05) is 23.7 Å². The quantitative estimate of drug-likeness (QED) is 0.773. The van der Waals surface area contributed by atoms with E-state index >= 15 is 0 Å². The second-order valence-electron chi connectivity index (χ2n) is 6.34. The first-order valence-electron chi connectivity index (χ1n) is 8.29. The van der Waals surface area contributed by atoms with Crippen LogP contribution in [0.25, 0.3) is 0 Å². The van der Waals surface area contributed by atoms with Gasteiger partial charge in [0.2, 0.25) is 5.91 Å². The number of hydrogen-bond acceptors (Lipinski definition) is 2. The van der Waals surface area contributed by atoms with E-state index in [9.17, 15) is 22.8 Å². The van der Waals surface area contributed by atoms with E-state index in [1.807, 2.05) is 0 Å². The van der Waals surface area contributed by atoms with Crippen LogP contribution in [0.2, 0.25) is 5.02 Å². The number of amides is 2. The Labute approximate surface area is 158 Å². The molecule has 2 N–H and O–H groups in total. The molecule has 0 spiro atoms. The molecule has 0 bridgehead atoms. The van der Waals surface area contributed by atoms with E-state index in [0.29, 0.717) is 6.54 Å². The van der Waals surface area contributed by atoms with E-state index in [0.717, 1.165) is 30.5 Å². The highest BCUT2D eigenvalue weighted by Crippen LogP contribution is 2.36. The number of anilines is 1. The maximum Gasteiger partial charge on any atom is 0.417 e. The normalized spacial score (nSPS) is 13.9. The summed E-state index contributed by atoms with van der Waals surface area (Å²) in [7, 11) is 0. The highest BCUT2D eigenvalue weighted by molar-refractivity contribution is 6.31. The largest absolute Gasteiger partial charge is 0.417 e. The van der Waals surface area contributed by atoms with Crippen molar-refractivity contribution in [1.29, 1.82) is 0 Å². The van der Waals surface area contributed by atoms with Crippen molar-refractivity contribution < 1.29 is 22.8 Å². The van der Waals surface area contributed by atoms with Gasteiger partial charge in [0.25, 0.3) is 5.91 Å². The first-order chi connectivity index (χ1) is 12.7. The fraction of sp³-hybridized carbons (Fsp3) is 0.263. The van der Waals surface area contributed by atoms with E-state index in [-0.39, 0.29) is 23.1 Å². The second kappa shape index (κ2) is 7.60. The summed E-state index contributed by atoms with van der Waals surface area (Å²) in [4.78, 5) is 23.9. The Hall–Kier alpha value is -2.54. The molecule has 27 heavy (non-hydrogen) atoms. The van der Waals surface area contributed by atoms with Crippen LogP contribution < -0.4 is 10.6 Å². The minimum atomic E-state index is -4.61. The van der Waals surface area contributed by atoms with Gasteiger partial charge in [-0.05, 0) is 48.7 Å². The lowest BCUT2D eigenvalue weighted by Crippen LogP contribution is -2.24. The Kier molecular flexibility index (Phi) is 5.41. The molecule has 2 aromatic carbocycles. The standard InChI is InChI=1S/C19H16ClF3N2O2/c20-16-8-7-14(9-15(16)19(21,22)23)25-18(27)13-3-1-11(2-4-13)10-24-17(26)12-5-6-12/h1-4,7-9,12H,5-6,10H2,(H,24,26)(H,25,27). The van der Waals surface area contributed by atoms with Crippen molar-refractivity contribution in [2.24, 2.45) is 5.92 Å². The topological polar surface area (TPSA) is 58.2 Å². The molecule has 8 heteroatoms. The number of carbonyl (C=O) groups excluding carboxylic acids is 2. The number of carbonyl (C=O) groups is 2. The lowest BCUT2D eigenvalue weighted by molar-refractivity contribution is -0.137. The van der Waals surface area contributed by atoms with Gasteiger partial charge in [0.15, 0.2) is 0 Å². The molecule has 0 atom stereocenters. The van der Waals surface area contributed by atoms with Crippen molar-refractivity contribution in [3.05, 3.63) is 64.2 Å².